The first kappa shape index (κ1) is 15.1. The van der Waals surface area contributed by atoms with Gasteiger partial charge in [-0.1, -0.05) is 30.7 Å². The highest BCUT2D eigenvalue weighted by Gasteiger charge is 2.64. The maximum atomic E-state index is 10.6. The molecule has 5 rings (SSSR count). The smallest absolute Gasteiger partial charge is 0.165 e. The molecule has 1 spiro atoms. The molecule has 1 aromatic rings. The highest BCUT2D eigenvalue weighted by molar-refractivity contribution is 6.31. The first-order valence-corrected chi connectivity index (χ1v) is 9.27. The number of hydrogen-bond donors (Lipinski definition) is 2. The van der Waals surface area contributed by atoms with Gasteiger partial charge < -0.3 is 14.9 Å². The zero-order valence-electron chi connectivity index (χ0n) is 13.7. The second-order valence-corrected chi connectivity index (χ2v) is 8.00. The van der Waals surface area contributed by atoms with E-state index in [1.165, 1.54) is 0 Å². The van der Waals surface area contributed by atoms with Crippen molar-refractivity contribution in [1.29, 1.82) is 0 Å². The molecule has 5 heteroatoms. The highest BCUT2D eigenvalue weighted by atomic mass is 35.5. The number of aromatic hydroxyl groups is 1. The van der Waals surface area contributed by atoms with Gasteiger partial charge in [-0.25, -0.2) is 0 Å². The van der Waals surface area contributed by atoms with Gasteiger partial charge in [0.1, 0.15) is 12.2 Å². The molecule has 2 N–H and O–H groups in total. The van der Waals surface area contributed by atoms with Crippen LogP contribution in [-0.4, -0.2) is 46.5 Å². The summed E-state index contributed by atoms with van der Waals surface area (Å²) in [6.45, 7) is 4.30. The molecule has 2 bridgehead atoms. The Morgan fingerprint density at radius 1 is 1.42 bits per heavy atom. The lowest BCUT2D eigenvalue weighted by molar-refractivity contribution is -0.0515. The van der Waals surface area contributed by atoms with E-state index in [1.54, 1.807) is 6.07 Å². The lowest BCUT2D eigenvalue weighted by atomic mass is 9.53. The molecule has 1 aromatic carbocycles. The summed E-state index contributed by atoms with van der Waals surface area (Å²) in [5, 5.41) is 21.6. The van der Waals surface area contributed by atoms with Crippen molar-refractivity contribution in [3.8, 4) is 11.5 Å². The number of benzene rings is 1. The number of rotatable bonds is 2. The van der Waals surface area contributed by atoms with Gasteiger partial charge in [0.15, 0.2) is 11.5 Å². The van der Waals surface area contributed by atoms with Crippen molar-refractivity contribution in [1.82, 2.24) is 4.90 Å². The van der Waals surface area contributed by atoms with Gasteiger partial charge in [0.05, 0.1) is 0 Å². The molecular formula is C19H22ClNO3. The van der Waals surface area contributed by atoms with E-state index < -0.39 is 6.10 Å². The minimum atomic E-state index is -0.642. The Morgan fingerprint density at radius 2 is 2.25 bits per heavy atom. The molecule has 2 aliphatic carbocycles. The maximum Gasteiger partial charge on any atom is 0.165 e. The van der Waals surface area contributed by atoms with Crippen LogP contribution in [0.3, 0.4) is 0 Å². The molecule has 0 saturated carbocycles. The molecule has 0 radical (unpaired) electrons. The second kappa shape index (κ2) is 4.90. The Morgan fingerprint density at radius 3 is 3.04 bits per heavy atom. The quantitative estimate of drug-likeness (QED) is 0.808. The van der Waals surface area contributed by atoms with Gasteiger partial charge >= 0.3 is 0 Å². The fraction of sp³-hybridized carbons (Fsp3) is 0.579. The Bertz CT molecular complexity index is 749. The number of halogens is 1. The summed E-state index contributed by atoms with van der Waals surface area (Å²) in [4.78, 5) is 2.57. The van der Waals surface area contributed by atoms with Crippen LogP contribution in [0.1, 0.15) is 30.9 Å². The van der Waals surface area contributed by atoms with Crippen LogP contribution in [0.4, 0.5) is 0 Å². The third-order valence-corrected chi connectivity index (χ3v) is 6.91. The molecule has 24 heavy (non-hydrogen) atoms. The number of likely N-dealkylation sites (tertiary alicyclic amines) is 1. The first-order chi connectivity index (χ1) is 11.6. The number of hydrogen-bond acceptors (Lipinski definition) is 4. The number of ether oxygens (including phenoxy) is 1. The van der Waals surface area contributed by atoms with Crippen LogP contribution in [0.2, 0.25) is 5.02 Å². The van der Waals surface area contributed by atoms with E-state index >= 15 is 0 Å². The molecular weight excluding hydrogens is 326 g/mol. The minimum Gasteiger partial charge on any atom is -0.504 e. The Kier molecular flexibility index (Phi) is 3.08. The topological polar surface area (TPSA) is 52.9 Å². The molecule has 128 valence electrons. The number of nitrogens with zero attached hydrogens (tertiary/aromatic N) is 1. The zero-order valence-corrected chi connectivity index (χ0v) is 14.5. The van der Waals surface area contributed by atoms with E-state index in [9.17, 15) is 10.2 Å². The molecule has 4 aliphatic rings. The zero-order chi connectivity index (χ0) is 16.6. The lowest BCUT2D eigenvalue weighted by Crippen LogP contribution is -2.65. The van der Waals surface area contributed by atoms with Crippen LogP contribution in [0.25, 0.3) is 0 Å². The van der Waals surface area contributed by atoms with Gasteiger partial charge in [0, 0.05) is 34.0 Å². The van der Waals surface area contributed by atoms with Crippen LogP contribution in [-0.2, 0) is 11.8 Å². The third-order valence-electron chi connectivity index (χ3n) is 6.57. The van der Waals surface area contributed by atoms with Gasteiger partial charge in [-0.15, -0.1) is 0 Å². The number of phenolic OH excluding ortho intramolecular Hbond substituents is 1. The number of aliphatic hydroxyl groups is 1. The lowest BCUT2D eigenvalue weighted by Gasteiger charge is -2.57. The number of aliphatic hydroxyl groups excluding tert-OH is 1. The van der Waals surface area contributed by atoms with Crippen LogP contribution in [0, 0.1) is 5.92 Å². The van der Waals surface area contributed by atoms with E-state index in [0.717, 1.165) is 43.5 Å². The SMILES string of the molecule is CCCN1CC[C@]23c4c5c(Cl)cc(O)c4O[C@H]2[C@@H](O)C=C[C@H]3[C@H]1C5. The normalized spacial score (nSPS) is 38.8. The van der Waals surface area contributed by atoms with Crippen molar-refractivity contribution in [2.75, 3.05) is 13.1 Å². The summed E-state index contributed by atoms with van der Waals surface area (Å²) in [5.74, 6) is 0.954. The molecule has 5 atom stereocenters. The summed E-state index contributed by atoms with van der Waals surface area (Å²) in [5.41, 5.74) is 1.92. The van der Waals surface area contributed by atoms with E-state index in [0.29, 0.717) is 22.7 Å². The van der Waals surface area contributed by atoms with Gasteiger partial charge in [-0.3, -0.25) is 4.90 Å². The van der Waals surface area contributed by atoms with Crippen LogP contribution in [0.15, 0.2) is 18.2 Å². The predicted octanol–water partition coefficient (Wildman–Crippen LogP) is 2.63. The summed E-state index contributed by atoms with van der Waals surface area (Å²) in [7, 11) is 0. The average Bonchev–Trinajstić information content (AvgIpc) is 2.90. The van der Waals surface area contributed by atoms with Crippen molar-refractivity contribution >= 4 is 11.6 Å². The fourth-order valence-electron chi connectivity index (χ4n) is 5.74. The minimum absolute atomic E-state index is 0.0999. The Balaban J connectivity index is 1.77. The Labute approximate surface area is 146 Å². The monoisotopic (exact) mass is 347 g/mol. The van der Waals surface area contributed by atoms with Gasteiger partial charge in [-0.2, -0.15) is 0 Å². The molecule has 4 nitrogen and oxygen atoms in total. The predicted molar refractivity (Wildman–Crippen MR) is 91.8 cm³/mol. The van der Waals surface area contributed by atoms with Crippen LogP contribution < -0.4 is 4.74 Å². The van der Waals surface area contributed by atoms with Gasteiger partial charge in [-0.05, 0) is 37.9 Å². The third kappa shape index (κ3) is 1.62. The van der Waals surface area contributed by atoms with Crippen LogP contribution in [0.5, 0.6) is 11.5 Å². The molecule has 0 amide bonds. The van der Waals surface area contributed by atoms with Crippen molar-refractivity contribution in [3.05, 3.63) is 34.4 Å². The summed E-state index contributed by atoms with van der Waals surface area (Å²) < 4.78 is 6.14. The summed E-state index contributed by atoms with van der Waals surface area (Å²) in [6.07, 6.45) is 6.04. The molecule has 1 fully saturated rings. The second-order valence-electron chi connectivity index (χ2n) is 7.60. The van der Waals surface area contributed by atoms with Gasteiger partial charge in [0.25, 0.3) is 0 Å². The molecule has 0 unspecified atom stereocenters. The summed E-state index contributed by atoms with van der Waals surface area (Å²) in [6, 6.07) is 1.98. The first-order valence-electron chi connectivity index (χ1n) is 8.90. The van der Waals surface area contributed by atoms with E-state index in [4.69, 9.17) is 16.3 Å². The molecule has 2 heterocycles. The van der Waals surface area contributed by atoms with Crippen molar-refractivity contribution in [2.45, 2.75) is 49.9 Å². The molecule has 2 aliphatic heterocycles. The standard InChI is InChI=1S/C19H22ClNO3/c1-2-6-21-7-5-19-11-3-4-14(22)18(19)24-17-15(23)9-12(20)10(16(17)19)8-13(11)21/h3-4,9,11,13-14,18,22-23H,2,5-8H2,1H3/t11-,13+,14-,18-,19-/m0/s1. The average molecular weight is 348 g/mol. The maximum absolute atomic E-state index is 10.6. The molecule has 1 saturated heterocycles. The van der Waals surface area contributed by atoms with Gasteiger partial charge in [0.2, 0.25) is 0 Å². The molecule has 0 aromatic heterocycles. The Hall–Kier alpha value is -1.23. The highest BCUT2D eigenvalue weighted by Crippen LogP contribution is 2.63. The fourth-order valence-corrected chi connectivity index (χ4v) is 6.01. The van der Waals surface area contributed by atoms with E-state index in [1.807, 2.05) is 6.08 Å². The van der Waals surface area contributed by atoms with E-state index in [-0.39, 0.29) is 17.3 Å². The van der Waals surface area contributed by atoms with Crippen molar-refractivity contribution < 1.29 is 14.9 Å². The van der Waals surface area contributed by atoms with Crippen molar-refractivity contribution in [2.24, 2.45) is 5.92 Å². The summed E-state index contributed by atoms with van der Waals surface area (Å²) >= 11 is 6.52. The number of phenols is 1. The number of piperidine rings is 1. The van der Waals surface area contributed by atoms with E-state index in [2.05, 4.69) is 17.9 Å². The largest absolute Gasteiger partial charge is 0.504 e. The van der Waals surface area contributed by atoms with Crippen molar-refractivity contribution in [3.63, 3.8) is 0 Å². The van der Waals surface area contributed by atoms with Crippen LogP contribution >= 0.6 is 11.6 Å².